The molecule has 4 heteroatoms. The van der Waals surface area contributed by atoms with Crippen LogP contribution in [0.25, 0.3) is 0 Å². The molecule has 1 amide bonds. The van der Waals surface area contributed by atoms with Crippen molar-refractivity contribution in [3.63, 3.8) is 0 Å². The molecular weight excluding hydrogens is 226 g/mol. The van der Waals surface area contributed by atoms with Crippen molar-refractivity contribution in [1.29, 1.82) is 0 Å². The third kappa shape index (κ3) is 2.18. The fourth-order valence-corrected chi connectivity index (χ4v) is 2.15. The fraction of sp³-hybridized carbons (Fsp3) is 0.357. The number of fused-ring (bicyclic) bond motifs is 1. The van der Waals surface area contributed by atoms with Gasteiger partial charge in [-0.05, 0) is 18.6 Å². The Hall–Kier alpha value is -1.99. The first-order valence-corrected chi connectivity index (χ1v) is 6.06. The van der Waals surface area contributed by atoms with E-state index in [-0.39, 0.29) is 5.91 Å². The Morgan fingerprint density at radius 3 is 3.00 bits per heavy atom. The molecule has 3 N–H and O–H groups in total. The van der Waals surface area contributed by atoms with Crippen molar-refractivity contribution in [3.8, 4) is 12.3 Å². The number of carbonyl (C=O) groups excluding carboxylic acids is 1. The minimum atomic E-state index is -0.554. The molecule has 2 rings (SSSR count). The number of benzene rings is 1. The van der Waals surface area contributed by atoms with Crippen LogP contribution in [-0.2, 0) is 4.79 Å². The van der Waals surface area contributed by atoms with Gasteiger partial charge >= 0.3 is 0 Å². The van der Waals surface area contributed by atoms with E-state index < -0.39 is 6.04 Å². The van der Waals surface area contributed by atoms with Gasteiger partial charge in [-0.2, -0.15) is 0 Å². The van der Waals surface area contributed by atoms with Crippen molar-refractivity contribution in [1.82, 2.24) is 0 Å². The summed E-state index contributed by atoms with van der Waals surface area (Å²) in [7, 11) is 0. The summed E-state index contributed by atoms with van der Waals surface area (Å²) in [6.45, 7) is 3.56. The topological polar surface area (TPSA) is 58.4 Å². The zero-order valence-electron chi connectivity index (χ0n) is 10.4. The number of nitrogens with two attached hydrogens (primary N) is 1. The summed E-state index contributed by atoms with van der Waals surface area (Å²) >= 11 is 0. The number of rotatable bonds is 4. The van der Waals surface area contributed by atoms with Crippen LogP contribution in [0.15, 0.2) is 18.2 Å². The van der Waals surface area contributed by atoms with Gasteiger partial charge in [-0.15, -0.1) is 6.42 Å². The van der Waals surface area contributed by atoms with Crippen LogP contribution in [0.2, 0.25) is 0 Å². The van der Waals surface area contributed by atoms with Gasteiger partial charge in [-0.25, -0.2) is 0 Å². The van der Waals surface area contributed by atoms with Crippen molar-refractivity contribution in [2.24, 2.45) is 5.73 Å². The highest BCUT2D eigenvalue weighted by atomic mass is 16.2. The van der Waals surface area contributed by atoms with Gasteiger partial charge in [0.15, 0.2) is 0 Å². The highest BCUT2D eigenvalue weighted by Crippen LogP contribution is 2.32. The maximum atomic E-state index is 11.5. The Balaban J connectivity index is 2.29. The normalized spacial score (nSPS) is 16.9. The maximum absolute atomic E-state index is 11.5. The number of nitrogens with one attached hydrogen (secondary N) is 1. The molecule has 18 heavy (non-hydrogen) atoms. The summed E-state index contributed by atoms with van der Waals surface area (Å²) in [6.07, 6.45) is 6.39. The molecule has 0 saturated heterocycles. The number of nitrogens with zero attached hydrogens (tertiary/aromatic N) is 1. The Labute approximate surface area is 107 Å². The first kappa shape index (κ1) is 12.5. The molecule has 0 saturated carbocycles. The second kappa shape index (κ2) is 5.11. The Kier molecular flexibility index (Phi) is 3.54. The van der Waals surface area contributed by atoms with Crippen LogP contribution in [0.5, 0.6) is 0 Å². The van der Waals surface area contributed by atoms with Gasteiger partial charge in [0, 0.05) is 23.5 Å². The quantitative estimate of drug-likeness (QED) is 0.788. The number of hydrogen-bond donors (Lipinski definition) is 2. The highest BCUT2D eigenvalue weighted by Gasteiger charge is 2.27. The highest BCUT2D eigenvalue weighted by molar-refractivity contribution is 6.02. The molecule has 0 aromatic heterocycles. The largest absolute Gasteiger partial charge is 0.360 e. The molecule has 1 aliphatic rings. The van der Waals surface area contributed by atoms with E-state index in [4.69, 9.17) is 12.2 Å². The van der Waals surface area contributed by atoms with Gasteiger partial charge in [-0.1, -0.05) is 18.9 Å². The van der Waals surface area contributed by atoms with Crippen molar-refractivity contribution in [2.45, 2.75) is 19.4 Å². The zero-order chi connectivity index (χ0) is 13.1. The van der Waals surface area contributed by atoms with Crippen LogP contribution >= 0.6 is 0 Å². The Morgan fingerprint density at radius 1 is 1.56 bits per heavy atom. The average molecular weight is 243 g/mol. The first-order valence-electron chi connectivity index (χ1n) is 6.06. The molecule has 1 aliphatic heterocycles. The van der Waals surface area contributed by atoms with E-state index in [2.05, 4.69) is 23.1 Å². The number of carbonyl (C=O) groups is 1. The lowest BCUT2D eigenvalue weighted by Crippen LogP contribution is -2.24. The summed E-state index contributed by atoms with van der Waals surface area (Å²) in [5, 5.41) is 2.78. The van der Waals surface area contributed by atoms with E-state index in [0.717, 1.165) is 29.9 Å². The van der Waals surface area contributed by atoms with Crippen LogP contribution in [0.4, 0.5) is 11.4 Å². The Morgan fingerprint density at radius 2 is 2.33 bits per heavy atom. The smallest absolute Gasteiger partial charge is 0.245 e. The zero-order valence-corrected chi connectivity index (χ0v) is 10.4. The van der Waals surface area contributed by atoms with Gasteiger partial charge in [0.05, 0.1) is 6.54 Å². The number of amides is 1. The molecule has 0 fully saturated rings. The van der Waals surface area contributed by atoms with Crippen LogP contribution in [0.1, 0.15) is 24.9 Å². The lowest BCUT2D eigenvalue weighted by molar-refractivity contribution is -0.116. The minimum absolute atomic E-state index is 0.152. The van der Waals surface area contributed by atoms with E-state index in [1.54, 1.807) is 0 Å². The van der Waals surface area contributed by atoms with Crippen LogP contribution < -0.4 is 16.0 Å². The van der Waals surface area contributed by atoms with E-state index >= 15 is 0 Å². The average Bonchev–Trinajstić information content (AvgIpc) is 2.64. The summed E-state index contributed by atoms with van der Waals surface area (Å²) in [6, 6.07) is 5.24. The first-order chi connectivity index (χ1) is 8.67. The van der Waals surface area contributed by atoms with E-state index in [0.29, 0.717) is 6.54 Å². The molecule has 0 aliphatic carbocycles. The molecule has 1 heterocycles. The third-order valence-electron chi connectivity index (χ3n) is 3.05. The second-order valence-electron chi connectivity index (χ2n) is 4.36. The van der Waals surface area contributed by atoms with Crippen molar-refractivity contribution in [2.75, 3.05) is 23.3 Å². The molecule has 1 atom stereocenters. The minimum Gasteiger partial charge on any atom is -0.360 e. The lowest BCUT2D eigenvalue weighted by Gasteiger charge is -2.22. The van der Waals surface area contributed by atoms with Gasteiger partial charge < -0.3 is 16.0 Å². The second-order valence-corrected chi connectivity index (χ2v) is 4.36. The third-order valence-corrected chi connectivity index (χ3v) is 3.05. The van der Waals surface area contributed by atoms with Crippen LogP contribution in [-0.4, -0.2) is 19.0 Å². The van der Waals surface area contributed by atoms with Crippen LogP contribution in [0.3, 0.4) is 0 Å². The predicted molar refractivity (Wildman–Crippen MR) is 73.3 cm³/mol. The predicted octanol–water partition coefficient (Wildman–Crippen LogP) is 1.49. The van der Waals surface area contributed by atoms with E-state index in [1.165, 1.54) is 0 Å². The number of anilines is 2. The summed E-state index contributed by atoms with van der Waals surface area (Å²) in [5.41, 5.74) is 8.43. The van der Waals surface area contributed by atoms with E-state index in [9.17, 15) is 4.79 Å². The van der Waals surface area contributed by atoms with Crippen LogP contribution in [0, 0.1) is 12.3 Å². The summed E-state index contributed by atoms with van der Waals surface area (Å²) in [4.78, 5) is 13.6. The standard InChI is InChI=1S/C14H17N3O/c1-3-7-17(8-4-2)10-5-6-11-12(9-10)16-14(18)13(11)15/h1,5-6,9,13H,4,7-8,15H2,2H3,(H,16,18). The molecule has 0 bridgehead atoms. The summed E-state index contributed by atoms with van der Waals surface area (Å²) < 4.78 is 0. The van der Waals surface area contributed by atoms with Gasteiger partial charge in [-0.3, -0.25) is 4.79 Å². The molecule has 1 unspecified atom stereocenters. The van der Waals surface area contributed by atoms with E-state index in [1.807, 2.05) is 18.2 Å². The SMILES string of the molecule is C#CCN(CCC)c1ccc2c(c1)NC(=O)C2N. The fourth-order valence-electron chi connectivity index (χ4n) is 2.15. The lowest BCUT2D eigenvalue weighted by atomic mass is 10.1. The number of terminal acetylenes is 1. The molecule has 0 radical (unpaired) electrons. The molecular formula is C14H17N3O. The number of hydrogen-bond acceptors (Lipinski definition) is 3. The summed E-state index contributed by atoms with van der Waals surface area (Å²) in [5.74, 6) is 2.50. The maximum Gasteiger partial charge on any atom is 0.245 e. The molecule has 4 nitrogen and oxygen atoms in total. The van der Waals surface area contributed by atoms with Gasteiger partial charge in [0.1, 0.15) is 6.04 Å². The molecule has 0 spiro atoms. The molecule has 1 aromatic rings. The monoisotopic (exact) mass is 243 g/mol. The molecule has 94 valence electrons. The van der Waals surface area contributed by atoms with Crippen molar-refractivity contribution < 1.29 is 4.79 Å². The van der Waals surface area contributed by atoms with Gasteiger partial charge in [0.25, 0.3) is 0 Å². The molecule has 1 aromatic carbocycles. The van der Waals surface area contributed by atoms with Gasteiger partial charge in [0.2, 0.25) is 5.91 Å². The van der Waals surface area contributed by atoms with Crippen molar-refractivity contribution in [3.05, 3.63) is 23.8 Å². The Bertz CT molecular complexity index is 504. The van der Waals surface area contributed by atoms with Crippen molar-refractivity contribution >= 4 is 17.3 Å².